The molecule has 0 aromatic heterocycles. The summed E-state index contributed by atoms with van der Waals surface area (Å²) in [7, 11) is -3.26. The molecule has 0 spiro atoms. The van der Waals surface area contributed by atoms with E-state index < -0.39 is 10.2 Å². The Kier molecular flexibility index (Phi) is 5.58. The number of rotatable bonds is 7. The summed E-state index contributed by atoms with van der Waals surface area (Å²) in [5, 5.41) is 0. The quantitative estimate of drug-likeness (QED) is 0.633. The molecule has 1 saturated heterocycles. The van der Waals surface area contributed by atoms with E-state index in [9.17, 15) is 8.42 Å². The van der Waals surface area contributed by atoms with Crippen molar-refractivity contribution in [3.63, 3.8) is 0 Å². The van der Waals surface area contributed by atoms with Gasteiger partial charge in [-0.05, 0) is 51.7 Å². The van der Waals surface area contributed by atoms with E-state index in [0.717, 1.165) is 58.3 Å². The first-order chi connectivity index (χ1) is 9.12. The van der Waals surface area contributed by atoms with Crippen LogP contribution < -0.4 is 10.5 Å². The third-order valence-corrected chi connectivity index (χ3v) is 5.38. The molecule has 0 atom stereocenters. The maximum Gasteiger partial charge on any atom is 0.279 e. The van der Waals surface area contributed by atoms with Crippen LogP contribution in [0.1, 0.15) is 32.1 Å². The SMILES string of the molecule is NCCCCN1CCCN(S(=O)(=O)NC2CC2)CC1. The number of hydrogen-bond acceptors (Lipinski definition) is 4. The van der Waals surface area contributed by atoms with Crippen LogP contribution in [0.3, 0.4) is 0 Å². The average Bonchev–Trinajstić information content (AvgIpc) is 3.16. The minimum absolute atomic E-state index is 0.189. The van der Waals surface area contributed by atoms with E-state index in [4.69, 9.17) is 5.73 Å². The van der Waals surface area contributed by atoms with Crippen LogP contribution in [0.4, 0.5) is 0 Å². The first-order valence-corrected chi connectivity index (χ1v) is 8.75. The molecule has 7 heteroatoms. The van der Waals surface area contributed by atoms with Gasteiger partial charge in [-0.3, -0.25) is 0 Å². The van der Waals surface area contributed by atoms with Crippen LogP contribution in [0.15, 0.2) is 0 Å². The molecular formula is C12H26N4O2S. The fourth-order valence-corrected chi connectivity index (χ4v) is 3.87. The van der Waals surface area contributed by atoms with Gasteiger partial charge < -0.3 is 10.6 Å². The highest BCUT2D eigenvalue weighted by Gasteiger charge is 2.31. The van der Waals surface area contributed by atoms with Crippen molar-refractivity contribution >= 4 is 10.2 Å². The molecule has 2 fully saturated rings. The Labute approximate surface area is 116 Å². The van der Waals surface area contributed by atoms with Gasteiger partial charge in [0.25, 0.3) is 10.2 Å². The van der Waals surface area contributed by atoms with Gasteiger partial charge in [0.15, 0.2) is 0 Å². The first-order valence-electron chi connectivity index (χ1n) is 7.31. The van der Waals surface area contributed by atoms with Crippen molar-refractivity contribution in [3.8, 4) is 0 Å². The Hall–Kier alpha value is -0.210. The topological polar surface area (TPSA) is 78.7 Å². The predicted molar refractivity (Wildman–Crippen MR) is 76.0 cm³/mol. The zero-order chi connectivity index (χ0) is 13.7. The molecule has 19 heavy (non-hydrogen) atoms. The standard InChI is InChI=1S/C12H26N4O2S/c13-6-1-2-7-15-8-3-9-16(11-10-15)19(17,18)14-12-4-5-12/h12,14H,1-11,13H2. The monoisotopic (exact) mass is 290 g/mol. The molecule has 112 valence electrons. The number of unbranched alkanes of at least 4 members (excludes halogenated alkanes) is 1. The molecule has 0 amide bonds. The van der Waals surface area contributed by atoms with Crippen LogP contribution >= 0.6 is 0 Å². The van der Waals surface area contributed by atoms with Gasteiger partial charge in [-0.1, -0.05) is 0 Å². The second-order valence-corrected chi connectivity index (χ2v) is 7.19. The molecule has 0 radical (unpaired) electrons. The summed E-state index contributed by atoms with van der Waals surface area (Å²) < 4.78 is 28.6. The van der Waals surface area contributed by atoms with Gasteiger partial charge in [-0.2, -0.15) is 17.4 Å². The second kappa shape index (κ2) is 6.99. The van der Waals surface area contributed by atoms with Crippen molar-refractivity contribution in [1.82, 2.24) is 13.9 Å². The van der Waals surface area contributed by atoms with E-state index in [1.165, 1.54) is 0 Å². The summed E-state index contributed by atoms with van der Waals surface area (Å²) in [5.74, 6) is 0. The Morgan fingerprint density at radius 2 is 1.89 bits per heavy atom. The molecule has 0 aromatic rings. The van der Waals surface area contributed by atoms with Crippen molar-refractivity contribution in [1.29, 1.82) is 0 Å². The minimum Gasteiger partial charge on any atom is -0.330 e. The van der Waals surface area contributed by atoms with Crippen molar-refractivity contribution in [2.45, 2.75) is 38.1 Å². The molecule has 6 nitrogen and oxygen atoms in total. The largest absolute Gasteiger partial charge is 0.330 e. The summed E-state index contributed by atoms with van der Waals surface area (Å²) in [4.78, 5) is 2.35. The maximum absolute atomic E-state index is 12.1. The van der Waals surface area contributed by atoms with Crippen LogP contribution in [0.2, 0.25) is 0 Å². The van der Waals surface area contributed by atoms with E-state index >= 15 is 0 Å². The van der Waals surface area contributed by atoms with Gasteiger partial charge in [0.1, 0.15) is 0 Å². The maximum atomic E-state index is 12.1. The van der Waals surface area contributed by atoms with Gasteiger partial charge >= 0.3 is 0 Å². The Bertz CT molecular complexity index is 370. The highest BCUT2D eigenvalue weighted by Crippen LogP contribution is 2.21. The van der Waals surface area contributed by atoms with Gasteiger partial charge in [0.2, 0.25) is 0 Å². The van der Waals surface area contributed by atoms with Crippen molar-refractivity contribution < 1.29 is 8.42 Å². The lowest BCUT2D eigenvalue weighted by atomic mass is 10.3. The van der Waals surface area contributed by atoms with E-state index in [-0.39, 0.29) is 6.04 Å². The van der Waals surface area contributed by atoms with Gasteiger partial charge in [0, 0.05) is 25.7 Å². The second-order valence-electron chi connectivity index (χ2n) is 5.49. The van der Waals surface area contributed by atoms with Crippen LogP contribution in [0, 0.1) is 0 Å². The molecule has 0 aromatic carbocycles. The van der Waals surface area contributed by atoms with E-state index in [1.54, 1.807) is 4.31 Å². The van der Waals surface area contributed by atoms with Gasteiger partial charge in [-0.15, -0.1) is 0 Å². The zero-order valence-corrected chi connectivity index (χ0v) is 12.4. The van der Waals surface area contributed by atoms with E-state index in [1.807, 2.05) is 0 Å². The third kappa shape index (κ3) is 5.00. The van der Waals surface area contributed by atoms with Crippen LogP contribution in [0.25, 0.3) is 0 Å². The van der Waals surface area contributed by atoms with Crippen LogP contribution in [-0.2, 0) is 10.2 Å². The van der Waals surface area contributed by atoms with Gasteiger partial charge in [0.05, 0.1) is 0 Å². The highest BCUT2D eigenvalue weighted by atomic mass is 32.2. The van der Waals surface area contributed by atoms with Crippen LogP contribution in [-0.4, -0.2) is 62.9 Å². The molecule has 2 aliphatic rings. The summed E-state index contributed by atoms with van der Waals surface area (Å²) in [6.07, 6.45) is 5.02. The summed E-state index contributed by atoms with van der Waals surface area (Å²) in [6, 6.07) is 0.189. The number of nitrogens with zero attached hydrogens (tertiary/aromatic N) is 2. The van der Waals surface area contributed by atoms with Crippen LogP contribution in [0.5, 0.6) is 0 Å². The minimum atomic E-state index is -3.26. The number of hydrogen-bond donors (Lipinski definition) is 2. The molecule has 0 unspecified atom stereocenters. The lowest BCUT2D eigenvalue weighted by Crippen LogP contribution is -2.43. The van der Waals surface area contributed by atoms with E-state index in [0.29, 0.717) is 13.1 Å². The summed E-state index contributed by atoms with van der Waals surface area (Å²) in [6.45, 7) is 4.82. The normalized spacial score (nSPS) is 23.4. The highest BCUT2D eigenvalue weighted by molar-refractivity contribution is 7.87. The molecule has 0 bridgehead atoms. The summed E-state index contributed by atoms with van der Waals surface area (Å²) >= 11 is 0. The fourth-order valence-electron chi connectivity index (χ4n) is 2.38. The zero-order valence-electron chi connectivity index (χ0n) is 11.6. The van der Waals surface area contributed by atoms with Gasteiger partial charge in [-0.25, -0.2) is 0 Å². The Morgan fingerprint density at radius 1 is 1.11 bits per heavy atom. The molecule has 1 saturated carbocycles. The fraction of sp³-hybridized carbons (Fsp3) is 1.00. The lowest BCUT2D eigenvalue weighted by Gasteiger charge is -2.21. The van der Waals surface area contributed by atoms with Crippen molar-refractivity contribution in [3.05, 3.63) is 0 Å². The smallest absolute Gasteiger partial charge is 0.279 e. The average molecular weight is 290 g/mol. The number of nitrogens with one attached hydrogen (secondary N) is 1. The summed E-state index contributed by atoms with van der Waals surface area (Å²) in [5.41, 5.74) is 5.49. The molecule has 2 rings (SSSR count). The van der Waals surface area contributed by atoms with E-state index in [2.05, 4.69) is 9.62 Å². The van der Waals surface area contributed by atoms with Crippen molar-refractivity contribution in [2.24, 2.45) is 5.73 Å². The first kappa shape index (κ1) is 15.2. The predicted octanol–water partition coefficient (Wildman–Crippen LogP) is -0.270. The molecule has 1 aliphatic heterocycles. The third-order valence-electron chi connectivity index (χ3n) is 3.71. The number of nitrogens with two attached hydrogens (primary N) is 1. The molecular weight excluding hydrogens is 264 g/mol. The molecule has 1 heterocycles. The Morgan fingerprint density at radius 3 is 2.58 bits per heavy atom. The van der Waals surface area contributed by atoms with Crippen molar-refractivity contribution in [2.75, 3.05) is 39.3 Å². The lowest BCUT2D eigenvalue weighted by molar-refractivity contribution is 0.281. The molecule has 1 aliphatic carbocycles. The molecule has 3 N–H and O–H groups in total. The Balaban J connectivity index is 1.78.